The van der Waals surface area contributed by atoms with Crippen molar-refractivity contribution < 1.29 is 19.4 Å². The largest absolute Gasteiger partial charge is 0.549 e. The van der Waals surface area contributed by atoms with E-state index in [0.29, 0.717) is 0 Å². The van der Waals surface area contributed by atoms with Crippen LogP contribution in [0.25, 0.3) is 0 Å². The number of carboxylic acid groups (broad SMARTS) is 1. The van der Waals surface area contributed by atoms with Gasteiger partial charge in [-0.05, 0) is 0 Å². The van der Waals surface area contributed by atoms with Crippen LogP contribution in [0.1, 0.15) is 6.92 Å². The van der Waals surface area contributed by atoms with Crippen molar-refractivity contribution >= 4 is 11.9 Å². The minimum Gasteiger partial charge on any atom is -0.549 e. The molecule has 0 aromatic heterocycles. The SMILES string of the molecule is C[C@H]1COC(=O)[C@H]1C(=O)[O-]. The Bertz CT molecular complexity index is 175. The predicted octanol–water partition coefficient (Wildman–Crippen LogP) is -1.45. The van der Waals surface area contributed by atoms with Gasteiger partial charge in [-0.15, -0.1) is 0 Å². The van der Waals surface area contributed by atoms with E-state index >= 15 is 0 Å². The average Bonchev–Trinajstić information content (AvgIpc) is 2.11. The number of hydrogen-bond donors (Lipinski definition) is 0. The van der Waals surface area contributed by atoms with E-state index in [-0.39, 0.29) is 12.5 Å². The van der Waals surface area contributed by atoms with Crippen LogP contribution in [0.15, 0.2) is 0 Å². The Hall–Kier alpha value is -1.06. The van der Waals surface area contributed by atoms with Crippen LogP contribution in [0.3, 0.4) is 0 Å². The highest BCUT2D eigenvalue weighted by molar-refractivity contribution is 5.94. The van der Waals surface area contributed by atoms with Crippen LogP contribution in [0.5, 0.6) is 0 Å². The summed E-state index contributed by atoms with van der Waals surface area (Å²) in [5.74, 6) is -3.32. The van der Waals surface area contributed by atoms with Crippen molar-refractivity contribution in [2.75, 3.05) is 6.61 Å². The zero-order chi connectivity index (χ0) is 7.72. The molecule has 56 valence electrons. The predicted molar refractivity (Wildman–Crippen MR) is 28.6 cm³/mol. The lowest BCUT2D eigenvalue weighted by molar-refractivity contribution is -0.310. The summed E-state index contributed by atoms with van der Waals surface area (Å²) in [5.41, 5.74) is 0. The second-order valence-corrected chi connectivity index (χ2v) is 2.40. The molecule has 0 bridgehead atoms. The van der Waals surface area contributed by atoms with Crippen LogP contribution < -0.4 is 5.11 Å². The van der Waals surface area contributed by atoms with Gasteiger partial charge in [-0.1, -0.05) is 6.92 Å². The Kier molecular flexibility index (Phi) is 1.61. The molecule has 2 atom stereocenters. The zero-order valence-corrected chi connectivity index (χ0v) is 5.49. The molecular weight excluding hydrogens is 136 g/mol. The monoisotopic (exact) mass is 143 g/mol. The van der Waals surface area contributed by atoms with Crippen LogP contribution >= 0.6 is 0 Å². The molecule has 4 nitrogen and oxygen atoms in total. The fraction of sp³-hybridized carbons (Fsp3) is 0.667. The van der Waals surface area contributed by atoms with E-state index in [1.807, 2.05) is 0 Å². The Balaban J connectivity index is 2.72. The van der Waals surface area contributed by atoms with Crippen molar-refractivity contribution in [3.63, 3.8) is 0 Å². The smallest absolute Gasteiger partial charge is 0.315 e. The number of aliphatic carboxylic acids is 1. The first kappa shape index (κ1) is 7.05. The third-order valence-corrected chi connectivity index (χ3v) is 1.57. The van der Waals surface area contributed by atoms with Gasteiger partial charge in [-0.3, -0.25) is 4.79 Å². The van der Waals surface area contributed by atoms with Crippen molar-refractivity contribution in [2.45, 2.75) is 6.92 Å². The number of carboxylic acids is 1. The summed E-state index contributed by atoms with van der Waals surface area (Å²) in [6, 6.07) is 0. The fourth-order valence-corrected chi connectivity index (χ4v) is 0.960. The van der Waals surface area contributed by atoms with Crippen molar-refractivity contribution in [3.05, 3.63) is 0 Å². The van der Waals surface area contributed by atoms with Crippen LogP contribution in [-0.2, 0) is 14.3 Å². The maximum absolute atomic E-state index is 10.6. The highest BCUT2D eigenvalue weighted by atomic mass is 16.5. The van der Waals surface area contributed by atoms with Crippen LogP contribution in [-0.4, -0.2) is 18.5 Å². The molecule has 0 radical (unpaired) electrons. The first-order valence-electron chi connectivity index (χ1n) is 3.00. The lowest BCUT2D eigenvalue weighted by Gasteiger charge is -2.09. The van der Waals surface area contributed by atoms with E-state index in [1.54, 1.807) is 6.92 Å². The summed E-state index contributed by atoms with van der Waals surface area (Å²) in [5, 5.41) is 10.2. The highest BCUT2D eigenvalue weighted by Crippen LogP contribution is 2.20. The van der Waals surface area contributed by atoms with Crippen molar-refractivity contribution in [3.8, 4) is 0 Å². The van der Waals surface area contributed by atoms with Crippen molar-refractivity contribution in [1.82, 2.24) is 0 Å². The van der Waals surface area contributed by atoms with Gasteiger partial charge in [-0.25, -0.2) is 0 Å². The molecule has 1 saturated heterocycles. The molecule has 1 rings (SSSR count). The summed E-state index contributed by atoms with van der Waals surface area (Å²) < 4.78 is 4.48. The van der Waals surface area contributed by atoms with Gasteiger partial charge < -0.3 is 14.6 Å². The van der Waals surface area contributed by atoms with Gasteiger partial charge in [-0.2, -0.15) is 0 Å². The Morgan fingerprint density at radius 2 is 2.40 bits per heavy atom. The second kappa shape index (κ2) is 2.28. The molecule has 0 spiro atoms. The van der Waals surface area contributed by atoms with Crippen molar-refractivity contribution in [1.29, 1.82) is 0 Å². The average molecular weight is 143 g/mol. The minimum absolute atomic E-state index is 0.192. The molecular formula is C6H7O4-. The van der Waals surface area contributed by atoms with Crippen LogP contribution in [0.4, 0.5) is 0 Å². The Morgan fingerprint density at radius 3 is 2.60 bits per heavy atom. The number of hydrogen-bond acceptors (Lipinski definition) is 4. The first-order chi connectivity index (χ1) is 4.63. The van der Waals surface area contributed by atoms with Gasteiger partial charge >= 0.3 is 5.97 Å². The second-order valence-electron chi connectivity index (χ2n) is 2.40. The topological polar surface area (TPSA) is 66.4 Å². The van der Waals surface area contributed by atoms with E-state index in [2.05, 4.69) is 4.74 Å². The molecule has 0 aromatic rings. The molecule has 1 heterocycles. The minimum atomic E-state index is -1.34. The standard InChI is InChI=1S/C6H8O4/c1-3-2-10-6(9)4(3)5(7)8/h3-4H,2H2,1H3,(H,7,8)/p-1/t3-,4+/m0/s1. The maximum atomic E-state index is 10.6. The fourth-order valence-electron chi connectivity index (χ4n) is 0.960. The van der Waals surface area contributed by atoms with E-state index in [0.717, 1.165) is 0 Å². The van der Waals surface area contributed by atoms with Crippen LogP contribution in [0, 0.1) is 11.8 Å². The molecule has 4 heteroatoms. The lowest BCUT2D eigenvalue weighted by Crippen LogP contribution is -2.36. The molecule has 0 aromatic carbocycles. The van der Waals surface area contributed by atoms with E-state index in [4.69, 9.17) is 0 Å². The molecule has 0 aliphatic carbocycles. The number of carbonyl (C=O) groups is 2. The van der Waals surface area contributed by atoms with Gasteiger partial charge in [0.1, 0.15) is 5.92 Å². The Labute approximate surface area is 57.8 Å². The summed E-state index contributed by atoms with van der Waals surface area (Å²) in [7, 11) is 0. The van der Waals surface area contributed by atoms with Gasteiger partial charge in [0.15, 0.2) is 0 Å². The summed E-state index contributed by atoms with van der Waals surface area (Å²) in [6.07, 6.45) is 0. The van der Waals surface area contributed by atoms with Gasteiger partial charge in [0.25, 0.3) is 0 Å². The maximum Gasteiger partial charge on any atom is 0.315 e. The summed E-state index contributed by atoms with van der Waals surface area (Å²) >= 11 is 0. The Morgan fingerprint density at radius 1 is 1.80 bits per heavy atom. The van der Waals surface area contributed by atoms with E-state index in [9.17, 15) is 14.7 Å². The van der Waals surface area contributed by atoms with E-state index < -0.39 is 17.9 Å². The third kappa shape index (κ3) is 0.964. The molecule has 1 aliphatic rings. The number of esters is 1. The number of rotatable bonds is 1. The third-order valence-electron chi connectivity index (χ3n) is 1.57. The number of cyclic esters (lactones) is 1. The quantitative estimate of drug-likeness (QED) is 0.332. The molecule has 1 fully saturated rings. The zero-order valence-electron chi connectivity index (χ0n) is 5.49. The first-order valence-corrected chi connectivity index (χ1v) is 3.00. The van der Waals surface area contributed by atoms with Gasteiger partial charge in [0.2, 0.25) is 0 Å². The van der Waals surface area contributed by atoms with Gasteiger partial charge in [0.05, 0.1) is 12.6 Å². The molecule has 0 N–H and O–H groups in total. The molecule has 10 heavy (non-hydrogen) atoms. The van der Waals surface area contributed by atoms with Crippen molar-refractivity contribution in [2.24, 2.45) is 11.8 Å². The molecule has 0 amide bonds. The van der Waals surface area contributed by atoms with Gasteiger partial charge in [0, 0.05) is 5.92 Å². The van der Waals surface area contributed by atoms with E-state index in [1.165, 1.54) is 0 Å². The highest BCUT2D eigenvalue weighted by Gasteiger charge is 2.34. The van der Waals surface area contributed by atoms with Crippen LogP contribution in [0.2, 0.25) is 0 Å². The molecule has 0 saturated carbocycles. The molecule has 1 aliphatic heterocycles. The number of ether oxygens (including phenoxy) is 1. The lowest BCUT2D eigenvalue weighted by atomic mass is 9.98. The molecule has 0 unspecified atom stereocenters. The summed E-state index contributed by atoms with van der Waals surface area (Å²) in [4.78, 5) is 20.8. The normalized spacial score (nSPS) is 31.9. The summed E-state index contributed by atoms with van der Waals surface area (Å²) in [6.45, 7) is 1.84. The number of carbonyl (C=O) groups excluding carboxylic acids is 2.